The molecule has 0 N–H and O–H groups in total. The second-order valence-electron chi connectivity index (χ2n) is 4.80. The summed E-state index contributed by atoms with van der Waals surface area (Å²) in [4.78, 5) is 29.7. The fraction of sp³-hybridized carbons (Fsp3) is 0.133. The van der Waals surface area contributed by atoms with Crippen LogP contribution in [0.2, 0.25) is 10.2 Å². The fourth-order valence-corrected chi connectivity index (χ4v) is 2.62. The molecule has 1 aliphatic rings. The molecule has 0 unspecified atom stereocenters. The van der Waals surface area contributed by atoms with Gasteiger partial charge in [0.15, 0.2) is 0 Å². The minimum atomic E-state index is -0.576. The molecule has 0 aliphatic carbocycles. The number of carbonyl (C=O) groups excluding carboxylic acids is 2. The highest BCUT2D eigenvalue weighted by atomic mass is 35.5. The summed E-state index contributed by atoms with van der Waals surface area (Å²) in [7, 11) is 0. The number of benzene rings is 1. The molecule has 1 aromatic carbocycles. The van der Waals surface area contributed by atoms with Crippen LogP contribution in [0.4, 0.5) is 5.69 Å². The Labute approximate surface area is 131 Å². The largest absolute Gasteiger partial charge is 0.299 e. The molecule has 0 radical (unpaired) electrons. The van der Waals surface area contributed by atoms with E-state index in [-0.39, 0.29) is 11.7 Å². The maximum absolute atomic E-state index is 12.1. The molecular weight excluding hydrogens is 311 g/mol. The van der Waals surface area contributed by atoms with Gasteiger partial charge in [-0.15, -0.1) is 0 Å². The molecule has 1 amide bonds. The number of pyridine rings is 1. The van der Waals surface area contributed by atoms with Gasteiger partial charge in [0.2, 0.25) is 0 Å². The normalized spacial score (nSPS) is 13.8. The van der Waals surface area contributed by atoms with Gasteiger partial charge in [0, 0.05) is 0 Å². The quantitative estimate of drug-likeness (QED) is 0.629. The average molecular weight is 321 g/mol. The number of aryl methyl sites for hydroxylation is 1. The Bertz CT molecular complexity index is 774. The Morgan fingerprint density at radius 2 is 1.90 bits per heavy atom. The van der Waals surface area contributed by atoms with E-state index in [4.69, 9.17) is 23.2 Å². The summed E-state index contributed by atoms with van der Waals surface area (Å²) in [5.41, 5.74) is 2.38. The van der Waals surface area contributed by atoms with Gasteiger partial charge in [0.05, 0.1) is 28.5 Å². The summed E-state index contributed by atoms with van der Waals surface area (Å²) in [6, 6.07) is 8.51. The second-order valence-corrected chi connectivity index (χ2v) is 5.60. The fourth-order valence-electron chi connectivity index (χ4n) is 2.29. The van der Waals surface area contributed by atoms with Crippen molar-refractivity contribution in [3.63, 3.8) is 0 Å². The third-order valence-electron chi connectivity index (χ3n) is 3.32. The van der Waals surface area contributed by atoms with E-state index in [2.05, 4.69) is 4.98 Å². The van der Waals surface area contributed by atoms with Crippen LogP contribution in [0.3, 0.4) is 0 Å². The zero-order chi connectivity index (χ0) is 15.1. The number of hydrogen-bond acceptors (Lipinski definition) is 3. The molecule has 2 heterocycles. The minimum absolute atomic E-state index is 0.111. The van der Waals surface area contributed by atoms with Crippen LogP contribution in [-0.2, 0) is 11.3 Å². The predicted molar refractivity (Wildman–Crippen MR) is 81.0 cm³/mol. The topological polar surface area (TPSA) is 50.3 Å². The number of aromatic nitrogens is 1. The van der Waals surface area contributed by atoms with Crippen molar-refractivity contribution in [2.45, 2.75) is 13.5 Å². The molecule has 0 atom stereocenters. The number of amides is 1. The molecular formula is C15H10Cl2N2O2. The van der Waals surface area contributed by atoms with Crippen molar-refractivity contribution in [1.29, 1.82) is 0 Å². The molecule has 0 saturated carbocycles. The van der Waals surface area contributed by atoms with E-state index in [1.165, 1.54) is 4.90 Å². The first-order valence-electron chi connectivity index (χ1n) is 6.25. The van der Waals surface area contributed by atoms with Gasteiger partial charge in [0.25, 0.3) is 11.7 Å². The molecule has 4 nitrogen and oxygen atoms in total. The lowest BCUT2D eigenvalue weighted by atomic mass is 10.1. The number of rotatable bonds is 2. The van der Waals surface area contributed by atoms with Gasteiger partial charge in [-0.05, 0) is 31.2 Å². The molecule has 0 bridgehead atoms. The van der Waals surface area contributed by atoms with Crippen molar-refractivity contribution in [1.82, 2.24) is 4.98 Å². The first-order chi connectivity index (χ1) is 9.97. The summed E-state index contributed by atoms with van der Waals surface area (Å²) in [5.74, 6) is -1.08. The molecule has 1 aromatic heterocycles. The summed E-state index contributed by atoms with van der Waals surface area (Å²) in [6.45, 7) is 1.98. The maximum atomic E-state index is 12.1. The summed E-state index contributed by atoms with van der Waals surface area (Å²) < 4.78 is 0. The number of carbonyl (C=O) groups is 2. The molecule has 2 aromatic rings. The Balaban J connectivity index is 2.02. The second kappa shape index (κ2) is 5.13. The van der Waals surface area contributed by atoms with E-state index in [9.17, 15) is 9.59 Å². The lowest BCUT2D eigenvalue weighted by Crippen LogP contribution is -2.29. The first kappa shape index (κ1) is 14.0. The van der Waals surface area contributed by atoms with Crippen LogP contribution in [0.5, 0.6) is 0 Å². The highest BCUT2D eigenvalue weighted by molar-refractivity contribution is 6.52. The van der Waals surface area contributed by atoms with Crippen LogP contribution in [0, 0.1) is 6.92 Å². The summed E-state index contributed by atoms with van der Waals surface area (Å²) >= 11 is 11.9. The highest BCUT2D eigenvalue weighted by Gasteiger charge is 2.36. The molecule has 0 fully saturated rings. The average Bonchev–Trinajstić information content (AvgIpc) is 2.68. The van der Waals surface area contributed by atoms with Gasteiger partial charge < -0.3 is 0 Å². The zero-order valence-electron chi connectivity index (χ0n) is 11.1. The first-order valence-corrected chi connectivity index (χ1v) is 7.01. The van der Waals surface area contributed by atoms with Crippen LogP contribution < -0.4 is 4.90 Å². The van der Waals surface area contributed by atoms with Crippen LogP contribution in [0.25, 0.3) is 0 Å². The van der Waals surface area contributed by atoms with Gasteiger partial charge in [-0.3, -0.25) is 14.5 Å². The Hall–Kier alpha value is -1.91. The third kappa shape index (κ3) is 2.41. The third-order valence-corrected chi connectivity index (χ3v) is 3.87. The van der Waals surface area contributed by atoms with E-state index in [1.54, 1.807) is 24.3 Å². The number of hydrogen-bond donors (Lipinski definition) is 0. The van der Waals surface area contributed by atoms with Crippen LogP contribution in [0.1, 0.15) is 21.6 Å². The Kier molecular flexibility index (Phi) is 3.43. The van der Waals surface area contributed by atoms with E-state index >= 15 is 0 Å². The standard InChI is InChI=1S/C15H10Cl2N2O2/c1-8-2-4-12-9(6-8)14(20)15(21)19(12)7-11-10(16)3-5-13(17)18-11/h2-6H,7H2,1H3. The summed E-state index contributed by atoms with van der Waals surface area (Å²) in [6.07, 6.45) is 0. The van der Waals surface area contributed by atoms with Crippen molar-refractivity contribution in [3.05, 3.63) is 57.3 Å². The number of anilines is 1. The zero-order valence-corrected chi connectivity index (χ0v) is 12.6. The van der Waals surface area contributed by atoms with Crippen molar-refractivity contribution in [2.75, 3.05) is 4.90 Å². The summed E-state index contributed by atoms with van der Waals surface area (Å²) in [5, 5.41) is 0.691. The highest BCUT2D eigenvalue weighted by Crippen LogP contribution is 2.32. The minimum Gasteiger partial charge on any atom is -0.299 e. The maximum Gasteiger partial charge on any atom is 0.299 e. The van der Waals surface area contributed by atoms with Crippen LogP contribution >= 0.6 is 23.2 Å². The molecule has 0 saturated heterocycles. The van der Waals surface area contributed by atoms with Crippen molar-refractivity contribution >= 4 is 40.6 Å². The number of ketones is 1. The van der Waals surface area contributed by atoms with Crippen molar-refractivity contribution in [2.24, 2.45) is 0 Å². The van der Waals surface area contributed by atoms with E-state index < -0.39 is 11.7 Å². The van der Waals surface area contributed by atoms with Gasteiger partial charge in [-0.1, -0.05) is 34.8 Å². The number of Topliss-reactive ketones (excluding diaryl/α,β-unsaturated/α-hetero) is 1. The van der Waals surface area contributed by atoms with E-state index in [1.807, 2.05) is 13.0 Å². The number of fused-ring (bicyclic) bond motifs is 1. The lowest BCUT2D eigenvalue weighted by molar-refractivity contribution is -0.114. The number of halogens is 2. The van der Waals surface area contributed by atoms with E-state index in [0.29, 0.717) is 22.0 Å². The van der Waals surface area contributed by atoms with Crippen LogP contribution in [0.15, 0.2) is 30.3 Å². The molecule has 21 heavy (non-hydrogen) atoms. The van der Waals surface area contributed by atoms with Gasteiger partial charge in [0.1, 0.15) is 5.15 Å². The molecule has 106 valence electrons. The monoisotopic (exact) mass is 320 g/mol. The molecule has 3 rings (SSSR count). The SMILES string of the molecule is Cc1ccc2c(c1)C(=O)C(=O)N2Cc1nc(Cl)ccc1Cl. The molecule has 0 spiro atoms. The van der Waals surface area contributed by atoms with Gasteiger partial charge in [-0.2, -0.15) is 0 Å². The Morgan fingerprint density at radius 1 is 1.14 bits per heavy atom. The molecule has 1 aliphatic heterocycles. The lowest BCUT2D eigenvalue weighted by Gasteiger charge is -2.17. The predicted octanol–water partition coefficient (Wildman–Crippen LogP) is 3.43. The van der Waals surface area contributed by atoms with Crippen LogP contribution in [-0.4, -0.2) is 16.7 Å². The number of nitrogens with zero attached hydrogens (tertiary/aromatic N) is 2. The Morgan fingerprint density at radius 3 is 2.67 bits per heavy atom. The van der Waals surface area contributed by atoms with Gasteiger partial charge >= 0.3 is 0 Å². The molecule has 6 heteroatoms. The van der Waals surface area contributed by atoms with Crippen molar-refractivity contribution in [3.8, 4) is 0 Å². The van der Waals surface area contributed by atoms with Gasteiger partial charge in [-0.25, -0.2) is 4.98 Å². The smallest absolute Gasteiger partial charge is 0.299 e. The van der Waals surface area contributed by atoms with E-state index in [0.717, 1.165) is 5.56 Å². The van der Waals surface area contributed by atoms with Crippen molar-refractivity contribution < 1.29 is 9.59 Å².